The van der Waals surface area contributed by atoms with Gasteiger partial charge in [0.15, 0.2) is 0 Å². The number of nitrogens with one attached hydrogen (secondary N) is 2. The molecule has 2 saturated heterocycles. The van der Waals surface area contributed by atoms with E-state index >= 15 is 0 Å². The van der Waals surface area contributed by atoms with Crippen LogP contribution in [-0.4, -0.2) is 65.2 Å². The maximum Gasteiger partial charge on any atom is 0.239 e. The number of fused-ring (bicyclic) bond motifs is 1. The number of likely N-dealkylation sites (tertiary alicyclic amines) is 1. The third-order valence-electron chi connectivity index (χ3n) is 7.23. The molecule has 5 rings (SSSR count). The summed E-state index contributed by atoms with van der Waals surface area (Å²) >= 11 is 0. The van der Waals surface area contributed by atoms with Crippen LogP contribution in [0.2, 0.25) is 0 Å². The van der Waals surface area contributed by atoms with Crippen molar-refractivity contribution in [3.8, 4) is 0 Å². The van der Waals surface area contributed by atoms with E-state index in [1.165, 1.54) is 44.9 Å². The van der Waals surface area contributed by atoms with Gasteiger partial charge in [0.05, 0.1) is 24.2 Å². The van der Waals surface area contributed by atoms with Crippen LogP contribution < -0.4 is 10.6 Å². The SMILES string of the molecule is Cc1ccc2ncnc(NCC(=O)NC3CN(C4CCC(C5CCCO5)CC4)C3)c2c1. The van der Waals surface area contributed by atoms with E-state index in [1.807, 2.05) is 25.1 Å². The van der Waals surface area contributed by atoms with E-state index in [4.69, 9.17) is 4.74 Å². The van der Waals surface area contributed by atoms with Crippen LogP contribution in [0.1, 0.15) is 44.1 Å². The minimum absolute atomic E-state index is 0.0196. The van der Waals surface area contributed by atoms with Gasteiger partial charge >= 0.3 is 0 Å². The predicted molar refractivity (Wildman–Crippen MR) is 121 cm³/mol. The molecule has 0 spiro atoms. The minimum Gasteiger partial charge on any atom is -0.378 e. The Morgan fingerprint density at radius 1 is 1.16 bits per heavy atom. The number of hydrogen-bond donors (Lipinski definition) is 2. The Morgan fingerprint density at radius 2 is 2.00 bits per heavy atom. The van der Waals surface area contributed by atoms with Crippen LogP contribution in [0.3, 0.4) is 0 Å². The van der Waals surface area contributed by atoms with Crippen molar-refractivity contribution in [2.45, 2.75) is 63.6 Å². The first-order chi connectivity index (χ1) is 15.2. The molecule has 31 heavy (non-hydrogen) atoms. The molecule has 1 aliphatic carbocycles. The fraction of sp³-hybridized carbons (Fsp3) is 0.625. The van der Waals surface area contributed by atoms with Gasteiger partial charge in [-0.15, -0.1) is 0 Å². The highest BCUT2D eigenvalue weighted by Crippen LogP contribution is 2.35. The van der Waals surface area contributed by atoms with Crippen molar-refractivity contribution in [3.05, 3.63) is 30.1 Å². The highest BCUT2D eigenvalue weighted by Gasteiger charge is 2.37. The molecule has 2 aliphatic heterocycles. The Hall–Kier alpha value is -2.25. The molecule has 3 aliphatic rings. The average molecular weight is 424 g/mol. The second-order valence-electron chi connectivity index (χ2n) is 9.43. The molecule has 1 unspecified atom stereocenters. The molecule has 3 heterocycles. The number of anilines is 1. The number of aryl methyl sites for hydroxylation is 1. The number of hydrogen-bond acceptors (Lipinski definition) is 6. The standard InChI is InChI=1S/C24H33N5O2/c1-16-4-9-21-20(11-16)24(27-15-26-21)25-12-23(30)28-18-13-29(14-18)19-7-5-17(6-8-19)22-3-2-10-31-22/h4,9,11,15,17-19,22H,2-3,5-8,10,12-14H2,1H3,(H,28,30)(H,25,26,27). The van der Waals surface area contributed by atoms with Crippen LogP contribution in [0.15, 0.2) is 24.5 Å². The zero-order valence-corrected chi connectivity index (χ0v) is 18.3. The lowest BCUT2D eigenvalue weighted by Gasteiger charge is -2.47. The van der Waals surface area contributed by atoms with Crippen molar-refractivity contribution in [2.75, 3.05) is 31.6 Å². The molecule has 0 bridgehead atoms. The Bertz CT molecular complexity index is 915. The van der Waals surface area contributed by atoms with Gasteiger partial charge in [-0.3, -0.25) is 9.69 Å². The molecule has 1 atom stereocenters. The van der Waals surface area contributed by atoms with Crippen LogP contribution in [0.25, 0.3) is 10.9 Å². The number of carbonyl (C=O) groups excluding carboxylic acids is 1. The molecule has 2 N–H and O–H groups in total. The van der Waals surface area contributed by atoms with Gasteiger partial charge < -0.3 is 15.4 Å². The largest absolute Gasteiger partial charge is 0.378 e. The molecule has 1 amide bonds. The number of amides is 1. The van der Waals surface area contributed by atoms with Crippen LogP contribution in [0.5, 0.6) is 0 Å². The van der Waals surface area contributed by atoms with Gasteiger partial charge in [0.2, 0.25) is 5.91 Å². The molecular formula is C24H33N5O2. The van der Waals surface area contributed by atoms with Crippen LogP contribution in [0.4, 0.5) is 5.82 Å². The van der Waals surface area contributed by atoms with Crippen molar-refractivity contribution in [2.24, 2.45) is 5.92 Å². The van der Waals surface area contributed by atoms with Crippen LogP contribution >= 0.6 is 0 Å². The van der Waals surface area contributed by atoms with Gasteiger partial charge in [0, 0.05) is 31.1 Å². The molecule has 7 nitrogen and oxygen atoms in total. The van der Waals surface area contributed by atoms with E-state index < -0.39 is 0 Å². The fourth-order valence-electron chi connectivity index (χ4n) is 5.47. The minimum atomic E-state index is 0.0196. The van der Waals surface area contributed by atoms with Crippen molar-refractivity contribution >= 4 is 22.6 Å². The maximum atomic E-state index is 12.4. The fourth-order valence-corrected chi connectivity index (χ4v) is 5.47. The summed E-state index contributed by atoms with van der Waals surface area (Å²) in [5, 5.41) is 7.30. The third kappa shape index (κ3) is 4.67. The Labute approximate surface area is 184 Å². The number of aromatic nitrogens is 2. The smallest absolute Gasteiger partial charge is 0.239 e. The van der Waals surface area contributed by atoms with Gasteiger partial charge in [0.1, 0.15) is 12.1 Å². The van der Waals surface area contributed by atoms with Gasteiger partial charge in [-0.2, -0.15) is 0 Å². The first-order valence-electron chi connectivity index (χ1n) is 11.8. The summed E-state index contributed by atoms with van der Waals surface area (Å²) in [4.78, 5) is 23.6. The van der Waals surface area contributed by atoms with E-state index in [0.717, 1.165) is 42.1 Å². The lowest BCUT2D eigenvalue weighted by atomic mass is 9.80. The molecule has 1 aromatic heterocycles. The average Bonchev–Trinajstić information content (AvgIpc) is 3.29. The second-order valence-corrected chi connectivity index (χ2v) is 9.43. The Balaban J connectivity index is 1.05. The van der Waals surface area contributed by atoms with Gasteiger partial charge in [-0.1, -0.05) is 11.6 Å². The molecule has 166 valence electrons. The monoisotopic (exact) mass is 423 g/mol. The normalized spacial score (nSPS) is 27.2. The number of ether oxygens (including phenoxy) is 1. The summed E-state index contributed by atoms with van der Waals surface area (Å²) in [6.07, 6.45) is 9.67. The van der Waals surface area contributed by atoms with E-state index in [9.17, 15) is 4.79 Å². The first-order valence-corrected chi connectivity index (χ1v) is 11.8. The predicted octanol–water partition coefficient (Wildman–Crippen LogP) is 2.89. The highest BCUT2D eigenvalue weighted by molar-refractivity contribution is 5.91. The Morgan fingerprint density at radius 3 is 2.77 bits per heavy atom. The van der Waals surface area contributed by atoms with Crippen molar-refractivity contribution in [1.29, 1.82) is 0 Å². The summed E-state index contributed by atoms with van der Waals surface area (Å²) in [6.45, 7) is 5.16. The third-order valence-corrected chi connectivity index (χ3v) is 7.23. The lowest BCUT2D eigenvalue weighted by molar-refractivity contribution is -0.121. The molecular weight excluding hydrogens is 390 g/mol. The van der Waals surface area contributed by atoms with Crippen LogP contribution in [0, 0.1) is 12.8 Å². The van der Waals surface area contributed by atoms with Crippen molar-refractivity contribution in [3.63, 3.8) is 0 Å². The summed E-state index contributed by atoms with van der Waals surface area (Å²) in [7, 11) is 0. The van der Waals surface area contributed by atoms with Crippen molar-refractivity contribution in [1.82, 2.24) is 20.2 Å². The molecule has 1 saturated carbocycles. The molecule has 1 aromatic carbocycles. The summed E-state index contributed by atoms with van der Waals surface area (Å²) in [6, 6.07) is 7.00. The summed E-state index contributed by atoms with van der Waals surface area (Å²) in [5.41, 5.74) is 2.03. The second kappa shape index (κ2) is 9.09. The number of rotatable bonds is 6. The van der Waals surface area contributed by atoms with Gasteiger partial charge in [-0.05, 0) is 63.5 Å². The Kier molecular flexibility index (Phi) is 6.05. The van der Waals surface area contributed by atoms with Gasteiger partial charge in [-0.25, -0.2) is 9.97 Å². The molecule has 2 aromatic rings. The highest BCUT2D eigenvalue weighted by atomic mass is 16.5. The van der Waals surface area contributed by atoms with E-state index in [1.54, 1.807) is 0 Å². The quantitative estimate of drug-likeness (QED) is 0.744. The van der Waals surface area contributed by atoms with Crippen LogP contribution in [-0.2, 0) is 9.53 Å². The number of benzene rings is 1. The lowest BCUT2D eigenvalue weighted by Crippen LogP contribution is -2.63. The van der Waals surface area contributed by atoms with E-state index in [-0.39, 0.29) is 18.5 Å². The zero-order valence-electron chi connectivity index (χ0n) is 18.3. The van der Waals surface area contributed by atoms with Crippen molar-refractivity contribution < 1.29 is 9.53 Å². The molecule has 3 fully saturated rings. The number of nitrogens with zero attached hydrogens (tertiary/aromatic N) is 3. The molecule has 0 radical (unpaired) electrons. The summed E-state index contributed by atoms with van der Waals surface area (Å²) in [5.74, 6) is 1.50. The van der Waals surface area contributed by atoms with E-state index in [2.05, 4.69) is 25.5 Å². The topological polar surface area (TPSA) is 79.4 Å². The van der Waals surface area contributed by atoms with E-state index in [0.29, 0.717) is 18.0 Å². The number of carbonyl (C=O) groups is 1. The summed E-state index contributed by atoms with van der Waals surface area (Å²) < 4.78 is 5.90. The zero-order chi connectivity index (χ0) is 21.2. The first kappa shape index (κ1) is 20.6. The molecule has 7 heteroatoms. The maximum absolute atomic E-state index is 12.4. The van der Waals surface area contributed by atoms with Gasteiger partial charge in [0.25, 0.3) is 0 Å².